The maximum atomic E-state index is 13.6. The number of halogens is 2. The molecule has 184 valence electrons. The summed E-state index contributed by atoms with van der Waals surface area (Å²) in [7, 11) is 0. The van der Waals surface area contributed by atoms with Crippen molar-refractivity contribution < 1.29 is 18.7 Å². The lowest BCUT2D eigenvalue weighted by Gasteiger charge is -2.31. The lowest BCUT2D eigenvalue weighted by atomic mass is 10.0. The Balaban J connectivity index is 1.63. The van der Waals surface area contributed by atoms with E-state index in [1.165, 1.54) is 4.90 Å². The van der Waals surface area contributed by atoms with Crippen molar-refractivity contribution in [2.45, 2.75) is 19.1 Å². The van der Waals surface area contributed by atoms with Gasteiger partial charge >= 0.3 is 0 Å². The van der Waals surface area contributed by atoms with Gasteiger partial charge in [0, 0.05) is 11.6 Å². The van der Waals surface area contributed by atoms with Crippen molar-refractivity contribution in [2.75, 3.05) is 6.61 Å². The largest absolute Gasteiger partial charge is 0.482 e. The standard InChI is InChI=1S/C28H24Cl2N2O4/c29-22-14-12-20(13-15-22)18-32(26(33)19-36-25-11-5-4-10-24(25)30)27(21-7-2-1-3-8-21)28(34)31-17-23-9-6-16-35-23/h1-16,27H,17-19H2,(H,31,34)/t27-/m0/s1. The first-order valence-corrected chi connectivity index (χ1v) is 12.0. The SMILES string of the molecule is O=C(NCc1ccco1)[C@H](c1ccccc1)N(Cc1ccc(Cl)cc1)C(=O)COc1ccccc1Cl. The topological polar surface area (TPSA) is 71.8 Å². The highest BCUT2D eigenvalue weighted by Gasteiger charge is 2.32. The van der Waals surface area contributed by atoms with Crippen LogP contribution in [0.25, 0.3) is 0 Å². The van der Waals surface area contributed by atoms with E-state index in [0.717, 1.165) is 5.56 Å². The number of hydrogen-bond acceptors (Lipinski definition) is 4. The van der Waals surface area contributed by atoms with E-state index >= 15 is 0 Å². The summed E-state index contributed by atoms with van der Waals surface area (Å²) in [5.74, 6) is 0.259. The third-order valence-corrected chi connectivity index (χ3v) is 6.03. The van der Waals surface area contributed by atoms with Crippen LogP contribution in [0.3, 0.4) is 0 Å². The molecule has 0 radical (unpaired) electrons. The first-order chi connectivity index (χ1) is 17.5. The predicted molar refractivity (Wildman–Crippen MR) is 139 cm³/mol. The summed E-state index contributed by atoms with van der Waals surface area (Å²) in [6.07, 6.45) is 1.54. The molecule has 1 heterocycles. The number of carbonyl (C=O) groups is 2. The van der Waals surface area contributed by atoms with Gasteiger partial charge in [-0.25, -0.2) is 0 Å². The van der Waals surface area contributed by atoms with Crippen LogP contribution in [0.2, 0.25) is 10.0 Å². The number of ether oxygens (including phenoxy) is 1. The van der Waals surface area contributed by atoms with Crippen molar-refractivity contribution in [1.29, 1.82) is 0 Å². The number of benzene rings is 3. The normalized spacial score (nSPS) is 11.5. The molecule has 3 aromatic carbocycles. The van der Waals surface area contributed by atoms with Crippen LogP contribution in [0.1, 0.15) is 22.9 Å². The Morgan fingerprint density at radius 1 is 0.889 bits per heavy atom. The minimum atomic E-state index is -0.917. The smallest absolute Gasteiger partial charge is 0.261 e. The molecule has 2 amide bonds. The zero-order valence-corrected chi connectivity index (χ0v) is 20.8. The molecule has 1 N–H and O–H groups in total. The maximum Gasteiger partial charge on any atom is 0.261 e. The third kappa shape index (κ3) is 6.68. The van der Waals surface area contributed by atoms with Gasteiger partial charge in [0.2, 0.25) is 5.91 Å². The van der Waals surface area contributed by atoms with E-state index < -0.39 is 6.04 Å². The van der Waals surface area contributed by atoms with Crippen LogP contribution in [0, 0.1) is 0 Å². The fourth-order valence-corrected chi connectivity index (χ4v) is 4.00. The van der Waals surface area contributed by atoms with Crippen LogP contribution in [0.4, 0.5) is 0 Å². The molecule has 0 spiro atoms. The summed E-state index contributed by atoms with van der Waals surface area (Å²) in [5.41, 5.74) is 1.47. The van der Waals surface area contributed by atoms with E-state index in [1.807, 2.05) is 42.5 Å². The quantitative estimate of drug-likeness (QED) is 0.275. The molecule has 36 heavy (non-hydrogen) atoms. The molecule has 1 aromatic heterocycles. The summed E-state index contributed by atoms with van der Waals surface area (Å²) >= 11 is 12.3. The van der Waals surface area contributed by atoms with Crippen LogP contribution >= 0.6 is 23.2 Å². The summed E-state index contributed by atoms with van der Waals surface area (Å²) in [5, 5.41) is 3.86. The second-order valence-electron chi connectivity index (χ2n) is 7.98. The first kappa shape index (κ1) is 25.4. The Morgan fingerprint density at radius 3 is 2.31 bits per heavy atom. The van der Waals surface area contributed by atoms with Crippen molar-refractivity contribution in [1.82, 2.24) is 10.2 Å². The number of hydrogen-bond donors (Lipinski definition) is 1. The number of furan rings is 1. The van der Waals surface area contributed by atoms with Crippen molar-refractivity contribution in [2.24, 2.45) is 0 Å². The molecule has 0 fully saturated rings. The number of amides is 2. The van der Waals surface area contributed by atoms with Crippen LogP contribution in [0.15, 0.2) is 102 Å². The average molecular weight is 523 g/mol. The molecule has 6 nitrogen and oxygen atoms in total. The number of nitrogens with one attached hydrogen (secondary N) is 1. The molecule has 0 aliphatic heterocycles. The molecule has 0 bridgehead atoms. The maximum absolute atomic E-state index is 13.6. The summed E-state index contributed by atoms with van der Waals surface area (Å²) in [6, 6.07) is 25.8. The zero-order chi connectivity index (χ0) is 25.3. The Morgan fingerprint density at radius 2 is 1.61 bits per heavy atom. The summed E-state index contributed by atoms with van der Waals surface area (Å²) in [6.45, 7) is 0.0516. The van der Waals surface area contributed by atoms with E-state index in [1.54, 1.807) is 54.8 Å². The molecule has 0 aliphatic carbocycles. The lowest BCUT2D eigenvalue weighted by molar-refractivity contribution is -0.143. The van der Waals surface area contributed by atoms with Crippen molar-refractivity contribution in [3.05, 3.63) is 124 Å². The van der Waals surface area contributed by atoms with Crippen LogP contribution < -0.4 is 10.1 Å². The van der Waals surface area contributed by atoms with Gasteiger partial charge < -0.3 is 19.4 Å². The second kappa shape index (κ2) is 12.3. The van der Waals surface area contributed by atoms with Crippen LogP contribution in [-0.2, 0) is 22.7 Å². The van der Waals surface area contributed by atoms with Gasteiger partial charge in [0.15, 0.2) is 6.61 Å². The number of nitrogens with zero attached hydrogens (tertiary/aromatic N) is 1. The molecular weight excluding hydrogens is 499 g/mol. The van der Waals surface area contributed by atoms with E-state index in [0.29, 0.717) is 27.1 Å². The molecule has 4 aromatic rings. The van der Waals surface area contributed by atoms with Crippen molar-refractivity contribution in [3.8, 4) is 5.75 Å². The van der Waals surface area contributed by atoms with Crippen LogP contribution in [0.5, 0.6) is 5.75 Å². The predicted octanol–water partition coefficient (Wildman–Crippen LogP) is 6.05. The van der Waals surface area contributed by atoms with E-state index in [4.69, 9.17) is 32.4 Å². The first-order valence-electron chi connectivity index (χ1n) is 11.3. The highest BCUT2D eigenvalue weighted by Crippen LogP contribution is 2.27. The molecular formula is C28H24Cl2N2O4. The highest BCUT2D eigenvalue weighted by molar-refractivity contribution is 6.32. The van der Waals surface area contributed by atoms with Crippen LogP contribution in [-0.4, -0.2) is 23.3 Å². The molecule has 0 saturated heterocycles. The monoisotopic (exact) mass is 522 g/mol. The van der Waals surface area contributed by atoms with Gasteiger partial charge in [-0.05, 0) is 47.5 Å². The lowest BCUT2D eigenvalue weighted by Crippen LogP contribution is -2.45. The van der Waals surface area contributed by atoms with Gasteiger partial charge in [0.25, 0.3) is 5.91 Å². The van der Waals surface area contributed by atoms with Gasteiger partial charge in [-0.1, -0.05) is 77.8 Å². The second-order valence-corrected chi connectivity index (χ2v) is 8.82. The minimum absolute atomic E-state index is 0.162. The summed E-state index contributed by atoms with van der Waals surface area (Å²) < 4.78 is 11.1. The average Bonchev–Trinajstić information content (AvgIpc) is 3.42. The van der Waals surface area contributed by atoms with Crippen molar-refractivity contribution >= 4 is 35.0 Å². The Bertz CT molecular complexity index is 1280. The summed E-state index contributed by atoms with van der Waals surface area (Å²) in [4.78, 5) is 28.6. The van der Waals surface area contributed by atoms with Gasteiger partial charge in [-0.3, -0.25) is 9.59 Å². The number of para-hydroxylation sites is 1. The fraction of sp³-hybridized carbons (Fsp3) is 0.143. The Hall–Kier alpha value is -3.74. The number of rotatable bonds is 10. The molecule has 8 heteroatoms. The molecule has 0 unspecified atom stereocenters. The molecule has 0 saturated carbocycles. The Kier molecular flexibility index (Phi) is 8.66. The van der Waals surface area contributed by atoms with Crippen molar-refractivity contribution in [3.63, 3.8) is 0 Å². The molecule has 0 aliphatic rings. The van der Waals surface area contributed by atoms with E-state index in [2.05, 4.69) is 5.32 Å². The third-order valence-electron chi connectivity index (χ3n) is 5.47. The van der Waals surface area contributed by atoms with E-state index in [-0.39, 0.29) is 31.5 Å². The van der Waals surface area contributed by atoms with Gasteiger partial charge in [0.1, 0.15) is 17.6 Å². The molecule has 1 atom stereocenters. The minimum Gasteiger partial charge on any atom is -0.482 e. The fourth-order valence-electron chi connectivity index (χ4n) is 3.69. The number of carbonyl (C=O) groups excluding carboxylic acids is 2. The van der Waals surface area contributed by atoms with Gasteiger partial charge in [-0.2, -0.15) is 0 Å². The van der Waals surface area contributed by atoms with Gasteiger partial charge in [-0.15, -0.1) is 0 Å². The van der Waals surface area contributed by atoms with E-state index in [9.17, 15) is 9.59 Å². The van der Waals surface area contributed by atoms with Gasteiger partial charge in [0.05, 0.1) is 17.8 Å². The highest BCUT2D eigenvalue weighted by atomic mass is 35.5. The zero-order valence-electron chi connectivity index (χ0n) is 19.3. The Labute approximate surface area is 219 Å². The molecule has 4 rings (SSSR count).